The van der Waals surface area contributed by atoms with Gasteiger partial charge in [0.05, 0.1) is 0 Å². The molecule has 0 aliphatic heterocycles. The van der Waals surface area contributed by atoms with E-state index in [1.807, 2.05) is 0 Å². The van der Waals surface area contributed by atoms with E-state index in [4.69, 9.17) is 16.2 Å². The average Bonchev–Trinajstić information content (AvgIpc) is 2.11. The summed E-state index contributed by atoms with van der Waals surface area (Å²) in [6, 6.07) is -0.518. The normalized spacial score (nSPS) is 12.1. The Morgan fingerprint density at radius 2 is 2.29 bits per heavy atom. The highest BCUT2D eigenvalue weighted by Gasteiger charge is 2.14. The number of nitrogens with zero attached hydrogens (tertiary/aromatic N) is 1. The van der Waals surface area contributed by atoms with Gasteiger partial charge in [-0.15, -0.1) is 0 Å². The fraction of sp³-hybridized carbons (Fsp3) is 0.750. The minimum absolute atomic E-state index is 0.00123. The van der Waals surface area contributed by atoms with Crippen LogP contribution in [0, 0.1) is 5.41 Å². The van der Waals surface area contributed by atoms with Crippen LogP contribution in [0.5, 0.6) is 0 Å². The van der Waals surface area contributed by atoms with Crippen LogP contribution in [0.25, 0.3) is 0 Å². The molecule has 82 valence electrons. The van der Waals surface area contributed by atoms with Crippen molar-refractivity contribution in [2.45, 2.75) is 18.9 Å². The number of likely N-dealkylation sites (N-methyl/N-ethyl adjacent to an activating group) is 1. The third-order valence-electron chi connectivity index (χ3n) is 2.04. The van der Waals surface area contributed by atoms with Gasteiger partial charge in [0.1, 0.15) is 6.04 Å². The van der Waals surface area contributed by atoms with Gasteiger partial charge < -0.3 is 21.1 Å². The second kappa shape index (κ2) is 6.20. The van der Waals surface area contributed by atoms with Crippen molar-refractivity contribution in [2.75, 3.05) is 20.6 Å². The number of guanidine groups is 1. The molecule has 0 heterocycles. The van der Waals surface area contributed by atoms with Crippen LogP contribution in [0.4, 0.5) is 0 Å². The highest BCUT2D eigenvalue weighted by Crippen LogP contribution is 1.98. The summed E-state index contributed by atoms with van der Waals surface area (Å²) in [6.07, 6.45) is 1.22. The molecule has 0 fully saturated rings. The van der Waals surface area contributed by atoms with Gasteiger partial charge in [-0.3, -0.25) is 10.2 Å². The first-order valence-corrected chi connectivity index (χ1v) is 4.44. The molecule has 0 radical (unpaired) electrons. The number of hydrogen-bond donors (Lipinski definition) is 4. The SMILES string of the molecule is CN[C@@H](CCCN(C)C(=N)N)C(=O)O. The topological polar surface area (TPSA) is 102 Å². The van der Waals surface area contributed by atoms with E-state index in [9.17, 15) is 4.79 Å². The van der Waals surface area contributed by atoms with Crippen molar-refractivity contribution in [3.8, 4) is 0 Å². The maximum Gasteiger partial charge on any atom is 0.320 e. The van der Waals surface area contributed by atoms with Gasteiger partial charge in [0.15, 0.2) is 5.96 Å². The smallest absolute Gasteiger partial charge is 0.320 e. The van der Waals surface area contributed by atoms with Crippen LogP contribution in [0.2, 0.25) is 0 Å². The molecule has 1 atom stereocenters. The molecule has 14 heavy (non-hydrogen) atoms. The number of carboxylic acids is 1. The first-order valence-electron chi connectivity index (χ1n) is 4.44. The number of rotatable bonds is 6. The largest absolute Gasteiger partial charge is 0.480 e. The summed E-state index contributed by atoms with van der Waals surface area (Å²) in [5.41, 5.74) is 5.22. The lowest BCUT2D eigenvalue weighted by atomic mass is 10.1. The Bertz CT molecular complexity index is 208. The van der Waals surface area contributed by atoms with E-state index >= 15 is 0 Å². The van der Waals surface area contributed by atoms with Crippen molar-refractivity contribution in [1.82, 2.24) is 10.2 Å². The van der Waals surface area contributed by atoms with Crippen molar-refractivity contribution in [3.05, 3.63) is 0 Å². The van der Waals surface area contributed by atoms with Crippen LogP contribution in [-0.4, -0.2) is 48.6 Å². The van der Waals surface area contributed by atoms with E-state index in [2.05, 4.69) is 5.32 Å². The maximum absolute atomic E-state index is 10.6. The number of carboxylic acid groups (broad SMARTS) is 1. The summed E-state index contributed by atoms with van der Waals surface area (Å²) < 4.78 is 0. The van der Waals surface area contributed by atoms with E-state index in [1.165, 1.54) is 0 Å². The molecule has 0 aliphatic rings. The predicted molar refractivity (Wildman–Crippen MR) is 54.3 cm³/mol. The minimum atomic E-state index is -0.849. The molecule has 0 unspecified atom stereocenters. The Balaban J connectivity index is 3.71. The van der Waals surface area contributed by atoms with E-state index in [0.29, 0.717) is 19.4 Å². The fourth-order valence-corrected chi connectivity index (χ4v) is 1.04. The zero-order chi connectivity index (χ0) is 11.1. The lowest BCUT2D eigenvalue weighted by Crippen LogP contribution is -2.37. The quantitative estimate of drug-likeness (QED) is 0.336. The molecule has 5 N–H and O–H groups in total. The molecule has 0 aromatic heterocycles. The van der Waals surface area contributed by atoms with Crippen LogP contribution in [0.15, 0.2) is 0 Å². The maximum atomic E-state index is 10.6. The molecule has 6 nitrogen and oxygen atoms in total. The third-order valence-corrected chi connectivity index (χ3v) is 2.04. The molecule has 0 saturated carbocycles. The van der Waals surface area contributed by atoms with E-state index < -0.39 is 12.0 Å². The highest BCUT2D eigenvalue weighted by atomic mass is 16.4. The Morgan fingerprint density at radius 1 is 1.71 bits per heavy atom. The molecule has 0 spiro atoms. The highest BCUT2D eigenvalue weighted by molar-refractivity contribution is 5.74. The van der Waals surface area contributed by atoms with Crippen molar-refractivity contribution >= 4 is 11.9 Å². The van der Waals surface area contributed by atoms with Gasteiger partial charge in [0, 0.05) is 13.6 Å². The summed E-state index contributed by atoms with van der Waals surface area (Å²) in [5.74, 6) is -0.848. The summed E-state index contributed by atoms with van der Waals surface area (Å²) in [6.45, 7) is 0.598. The molecule has 0 aromatic carbocycles. The molecule has 0 bridgehead atoms. The van der Waals surface area contributed by atoms with Gasteiger partial charge in [-0.25, -0.2) is 0 Å². The number of hydrogen-bond acceptors (Lipinski definition) is 3. The molecule has 0 rings (SSSR count). The minimum Gasteiger partial charge on any atom is -0.480 e. The number of nitrogens with two attached hydrogens (primary N) is 1. The van der Waals surface area contributed by atoms with Crippen molar-refractivity contribution in [1.29, 1.82) is 5.41 Å². The van der Waals surface area contributed by atoms with Gasteiger partial charge >= 0.3 is 5.97 Å². The monoisotopic (exact) mass is 202 g/mol. The first kappa shape index (κ1) is 12.7. The Labute approximate surface area is 83.6 Å². The van der Waals surface area contributed by atoms with Crippen LogP contribution < -0.4 is 11.1 Å². The van der Waals surface area contributed by atoms with E-state index in [1.54, 1.807) is 19.0 Å². The van der Waals surface area contributed by atoms with Crippen LogP contribution in [0.3, 0.4) is 0 Å². The molecule has 0 amide bonds. The Morgan fingerprint density at radius 3 is 2.64 bits per heavy atom. The molecule has 0 aliphatic carbocycles. The standard InChI is InChI=1S/C8H18N4O2/c1-11-6(7(13)14)4-3-5-12(2)8(9)10/h6,11H,3-5H2,1-2H3,(H3,9,10)(H,13,14)/t6-/m0/s1. The van der Waals surface area contributed by atoms with Crippen molar-refractivity contribution < 1.29 is 9.90 Å². The Kier molecular flexibility index (Phi) is 5.62. The van der Waals surface area contributed by atoms with Gasteiger partial charge in [-0.05, 0) is 19.9 Å². The average molecular weight is 202 g/mol. The van der Waals surface area contributed by atoms with E-state index in [-0.39, 0.29) is 5.96 Å². The second-order valence-corrected chi connectivity index (χ2v) is 3.13. The number of carbonyl (C=O) groups is 1. The van der Waals surface area contributed by atoms with Crippen LogP contribution in [-0.2, 0) is 4.79 Å². The third kappa shape index (κ3) is 4.66. The lowest BCUT2D eigenvalue weighted by Gasteiger charge is -2.17. The van der Waals surface area contributed by atoms with Crippen molar-refractivity contribution in [3.63, 3.8) is 0 Å². The predicted octanol–water partition coefficient (Wildman–Crippen LogP) is -0.736. The summed E-state index contributed by atoms with van der Waals surface area (Å²) >= 11 is 0. The first-order chi connectivity index (χ1) is 6.49. The summed E-state index contributed by atoms with van der Waals surface area (Å²) in [4.78, 5) is 12.2. The summed E-state index contributed by atoms with van der Waals surface area (Å²) in [7, 11) is 3.32. The number of nitrogens with one attached hydrogen (secondary N) is 2. The molecule has 0 saturated heterocycles. The van der Waals surface area contributed by atoms with Gasteiger partial charge in [0.25, 0.3) is 0 Å². The molecular formula is C8H18N4O2. The second-order valence-electron chi connectivity index (χ2n) is 3.13. The summed E-state index contributed by atoms with van der Waals surface area (Å²) in [5, 5.41) is 18.5. The van der Waals surface area contributed by atoms with Crippen LogP contribution in [0.1, 0.15) is 12.8 Å². The molecule has 0 aromatic rings. The van der Waals surface area contributed by atoms with E-state index in [0.717, 1.165) is 0 Å². The fourth-order valence-electron chi connectivity index (χ4n) is 1.04. The zero-order valence-corrected chi connectivity index (χ0v) is 8.58. The molecular weight excluding hydrogens is 184 g/mol. The van der Waals surface area contributed by atoms with Crippen LogP contribution >= 0.6 is 0 Å². The number of aliphatic carboxylic acids is 1. The lowest BCUT2D eigenvalue weighted by molar-refractivity contribution is -0.139. The zero-order valence-electron chi connectivity index (χ0n) is 8.58. The van der Waals surface area contributed by atoms with Gasteiger partial charge in [-0.2, -0.15) is 0 Å². The van der Waals surface area contributed by atoms with Crippen molar-refractivity contribution in [2.24, 2.45) is 5.73 Å². The Hall–Kier alpha value is -1.30. The molecule has 6 heteroatoms. The van der Waals surface area contributed by atoms with Gasteiger partial charge in [-0.1, -0.05) is 0 Å². The van der Waals surface area contributed by atoms with Gasteiger partial charge in [0.2, 0.25) is 0 Å².